The summed E-state index contributed by atoms with van der Waals surface area (Å²) in [6, 6.07) is 26.0. The van der Waals surface area contributed by atoms with E-state index in [-0.39, 0.29) is 25.6 Å². The Labute approximate surface area is 227 Å². The second kappa shape index (κ2) is 11.5. The van der Waals surface area contributed by atoms with Gasteiger partial charge in [-0.05, 0) is 34.2 Å². The van der Waals surface area contributed by atoms with Crippen LogP contribution in [0, 0.1) is 0 Å². The molecule has 2 amide bonds. The highest BCUT2D eigenvalue weighted by molar-refractivity contribution is 5.93. The molecule has 3 aromatic rings. The summed E-state index contributed by atoms with van der Waals surface area (Å²) in [7, 11) is 0. The summed E-state index contributed by atoms with van der Waals surface area (Å²) in [6.07, 6.45) is 2.44. The summed E-state index contributed by atoms with van der Waals surface area (Å²) in [5.74, 6) is -1.62. The number of nitrogens with one attached hydrogen (secondary N) is 2. The molecule has 1 heterocycles. The molecule has 39 heavy (non-hydrogen) atoms. The molecule has 0 aromatic heterocycles. The van der Waals surface area contributed by atoms with Crippen molar-refractivity contribution in [1.29, 1.82) is 0 Å². The minimum absolute atomic E-state index is 0.0375. The minimum atomic E-state index is -1.35. The van der Waals surface area contributed by atoms with Crippen molar-refractivity contribution in [2.75, 3.05) is 26.2 Å². The summed E-state index contributed by atoms with van der Waals surface area (Å²) in [4.78, 5) is 38.9. The Morgan fingerprint density at radius 1 is 0.949 bits per heavy atom. The maximum atomic E-state index is 12.5. The van der Waals surface area contributed by atoms with Crippen LogP contribution >= 0.6 is 0 Å². The molecule has 3 aromatic carbocycles. The Balaban J connectivity index is 1.09. The van der Waals surface area contributed by atoms with Gasteiger partial charge in [0.2, 0.25) is 5.91 Å². The van der Waals surface area contributed by atoms with E-state index < -0.39 is 23.5 Å². The first-order chi connectivity index (χ1) is 18.9. The van der Waals surface area contributed by atoms with Gasteiger partial charge < -0.3 is 20.5 Å². The van der Waals surface area contributed by atoms with E-state index in [1.165, 1.54) is 12.2 Å². The quantitative estimate of drug-likeness (QED) is 0.366. The van der Waals surface area contributed by atoms with Gasteiger partial charge in [0.25, 0.3) is 0 Å². The average Bonchev–Trinajstić information content (AvgIpc) is 3.50. The van der Waals surface area contributed by atoms with Crippen molar-refractivity contribution in [3.63, 3.8) is 0 Å². The lowest BCUT2D eigenvalue weighted by Gasteiger charge is -2.25. The molecular weight excluding hydrogens is 494 g/mol. The summed E-state index contributed by atoms with van der Waals surface area (Å²) >= 11 is 0. The van der Waals surface area contributed by atoms with E-state index in [2.05, 4.69) is 34.9 Å². The summed E-state index contributed by atoms with van der Waals surface area (Å²) in [6.45, 7) is 1.67. The van der Waals surface area contributed by atoms with Crippen molar-refractivity contribution >= 4 is 18.0 Å². The summed E-state index contributed by atoms with van der Waals surface area (Å²) in [5.41, 5.74) is 4.30. The van der Waals surface area contributed by atoms with Gasteiger partial charge in [-0.25, -0.2) is 9.59 Å². The number of rotatable bonds is 9. The van der Waals surface area contributed by atoms with Crippen LogP contribution < -0.4 is 10.6 Å². The van der Waals surface area contributed by atoms with Gasteiger partial charge >= 0.3 is 12.1 Å². The van der Waals surface area contributed by atoms with Crippen LogP contribution in [-0.2, 0) is 20.9 Å². The molecule has 5 rings (SSSR count). The maximum absolute atomic E-state index is 12.5. The number of benzene rings is 3. The first kappa shape index (κ1) is 26.2. The molecule has 1 saturated heterocycles. The first-order valence-corrected chi connectivity index (χ1v) is 13.0. The van der Waals surface area contributed by atoms with E-state index >= 15 is 0 Å². The van der Waals surface area contributed by atoms with Crippen LogP contribution in [0.2, 0.25) is 0 Å². The zero-order chi connectivity index (χ0) is 27.2. The number of carbonyl (C=O) groups excluding carboxylic acids is 2. The molecule has 0 radical (unpaired) electrons. The van der Waals surface area contributed by atoms with Crippen LogP contribution in [-0.4, -0.2) is 59.8 Å². The predicted molar refractivity (Wildman–Crippen MR) is 147 cm³/mol. The monoisotopic (exact) mass is 525 g/mol. The van der Waals surface area contributed by atoms with Crippen molar-refractivity contribution in [3.05, 3.63) is 108 Å². The van der Waals surface area contributed by atoms with E-state index in [9.17, 15) is 19.5 Å². The normalized spacial score (nSPS) is 18.5. The number of ether oxygens (including phenoxy) is 1. The molecule has 1 unspecified atom stereocenters. The molecule has 1 aliphatic heterocycles. The number of carboxylic acid groups (broad SMARTS) is 1. The zero-order valence-corrected chi connectivity index (χ0v) is 21.5. The molecule has 1 aliphatic carbocycles. The van der Waals surface area contributed by atoms with Crippen molar-refractivity contribution in [3.8, 4) is 11.1 Å². The predicted octanol–water partition coefficient (Wildman–Crippen LogP) is 3.93. The lowest BCUT2D eigenvalue weighted by Crippen LogP contribution is -2.55. The Bertz CT molecular complexity index is 1340. The fourth-order valence-corrected chi connectivity index (χ4v) is 5.43. The van der Waals surface area contributed by atoms with Crippen LogP contribution in [0.1, 0.15) is 29.0 Å². The lowest BCUT2D eigenvalue weighted by atomic mass is 9.98. The minimum Gasteiger partial charge on any atom is -0.479 e. The molecule has 8 heteroatoms. The van der Waals surface area contributed by atoms with Gasteiger partial charge in [-0.3, -0.25) is 9.69 Å². The van der Waals surface area contributed by atoms with E-state index in [4.69, 9.17) is 4.74 Å². The summed E-state index contributed by atoms with van der Waals surface area (Å²) < 4.78 is 5.49. The summed E-state index contributed by atoms with van der Waals surface area (Å²) in [5, 5.41) is 15.2. The first-order valence-electron chi connectivity index (χ1n) is 13.0. The van der Waals surface area contributed by atoms with Crippen molar-refractivity contribution in [2.45, 2.75) is 24.4 Å². The highest BCUT2D eigenvalue weighted by atomic mass is 16.5. The largest absolute Gasteiger partial charge is 0.479 e. The molecule has 1 fully saturated rings. The molecule has 0 spiro atoms. The van der Waals surface area contributed by atoms with Crippen LogP contribution in [0.3, 0.4) is 0 Å². The Hall–Kier alpha value is -4.43. The molecule has 0 saturated carbocycles. The number of carbonyl (C=O) groups is 3. The third-order valence-electron chi connectivity index (χ3n) is 7.35. The fraction of sp³-hybridized carbons (Fsp3) is 0.258. The second-order valence-electron chi connectivity index (χ2n) is 9.93. The van der Waals surface area contributed by atoms with Gasteiger partial charge in [-0.2, -0.15) is 0 Å². The zero-order valence-electron chi connectivity index (χ0n) is 21.5. The van der Waals surface area contributed by atoms with Crippen molar-refractivity contribution in [1.82, 2.24) is 15.5 Å². The fourth-order valence-electron chi connectivity index (χ4n) is 5.43. The van der Waals surface area contributed by atoms with Gasteiger partial charge in [-0.1, -0.05) is 84.9 Å². The number of aliphatic carboxylic acids is 1. The van der Waals surface area contributed by atoms with E-state index in [1.807, 2.05) is 59.5 Å². The van der Waals surface area contributed by atoms with Crippen molar-refractivity contribution in [2.24, 2.45) is 0 Å². The van der Waals surface area contributed by atoms with Crippen LogP contribution in [0.25, 0.3) is 11.1 Å². The second-order valence-corrected chi connectivity index (χ2v) is 9.93. The molecule has 8 nitrogen and oxygen atoms in total. The maximum Gasteiger partial charge on any atom is 0.407 e. The van der Waals surface area contributed by atoms with E-state index in [0.29, 0.717) is 19.5 Å². The number of likely N-dealkylation sites (tertiary alicyclic amines) is 1. The number of hydrogen-bond acceptors (Lipinski definition) is 5. The molecule has 200 valence electrons. The Morgan fingerprint density at radius 3 is 2.26 bits per heavy atom. The standard InChI is InChI=1S/C31H31N3O5/c35-28(33-31(29(36)37)16-18-34(21-31)19-22-9-2-1-3-10-22)15-8-17-32-30(38)39-20-27-25-13-6-4-11-23(25)24-12-5-7-14-26(24)27/h1-15,27H,16-21H2,(H,32,38)(H,33,35)(H,36,37)/b15-8+. The lowest BCUT2D eigenvalue weighted by molar-refractivity contribution is -0.146. The van der Waals surface area contributed by atoms with E-state index in [1.54, 1.807) is 0 Å². The van der Waals surface area contributed by atoms with Crippen molar-refractivity contribution < 1.29 is 24.2 Å². The average molecular weight is 526 g/mol. The SMILES string of the molecule is O=C(/C=C/CNC(=O)OCC1c2ccccc2-c2ccccc21)NC1(C(=O)O)CCN(Cc2ccccc2)C1. The molecule has 0 bridgehead atoms. The third kappa shape index (κ3) is 5.86. The highest BCUT2D eigenvalue weighted by Gasteiger charge is 2.45. The molecule has 1 atom stereocenters. The third-order valence-corrected chi connectivity index (χ3v) is 7.35. The van der Waals surface area contributed by atoms with Gasteiger partial charge in [0.15, 0.2) is 5.54 Å². The number of amides is 2. The number of hydrogen-bond donors (Lipinski definition) is 3. The van der Waals surface area contributed by atoms with E-state index in [0.717, 1.165) is 27.8 Å². The van der Waals surface area contributed by atoms with Gasteiger partial charge in [0, 0.05) is 38.2 Å². The Kier molecular flexibility index (Phi) is 7.74. The smallest absolute Gasteiger partial charge is 0.407 e. The van der Waals surface area contributed by atoms with Crippen LogP contribution in [0.15, 0.2) is 91.0 Å². The van der Waals surface area contributed by atoms with Gasteiger partial charge in [0.1, 0.15) is 6.61 Å². The van der Waals surface area contributed by atoms with Gasteiger partial charge in [-0.15, -0.1) is 0 Å². The number of fused-ring (bicyclic) bond motifs is 3. The van der Waals surface area contributed by atoms with Crippen LogP contribution in [0.4, 0.5) is 4.79 Å². The molecule has 3 N–H and O–H groups in total. The molecular formula is C31H31N3O5. The topological polar surface area (TPSA) is 108 Å². The van der Waals surface area contributed by atoms with Crippen LogP contribution in [0.5, 0.6) is 0 Å². The number of nitrogens with zero attached hydrogens (tertiary/aromatic N) is 1. The highest BCUT2D eigenvalue weighted by Crippen LogP contribution is 2.44. The molecule has 2 aliphatic rings. The number of alkyl carbamates (subject to hydrolysis) is 1. The number of carboxylic acids is 1. The van der Waals surface area contributed by atoms with Gasteiger partial charge in [0.05, 0.1) is 0 Å². The Morgan fingerprint density at radius 2 is 1.59 bits per heavy atom.